The Labute approximate surface area is 128 Å². The standard InChI is InChI=1S/C14H11BrClF2NO/c1-7(19)8-2-3-12(10(16)4-8)20-13-6-9(15)5-11(17)14(13)18/h2-7H,19H2,1H3/t7-/m0/s1. The molecular weight excluding hydrogens is 352 g/mol. The summed E-state index contributed by atoms with van der Waals surface area (Å²) in [7, 11) is 0. The van der Waals surface area contributed by atoms with Crippen LogP contribution in [0.1, 0.15) is 18.5 Å². The number of hydrogen-bond donors (Lipinski definition) is 1. The van der Waals surface area contributed by atoms with Crippen LogP contribution in [-0.4, -0.2) is 0 Å². The normalized spacial score (nSPS) is 12.3. The molecule has 0 spiro atoms. The van der Waals surface area contributed by atoms with Gasteiger partial charge in [-0.25, -0.2) is 4.39 Å². The smallest absolute Gasteiger partial charge is 0.201 e. The third-order valence-corrected chi connectivity index (χ3v) is 3.41. The van der Waals surface area contributed by atoms with Crippen LogP contribution < -0.4 is 10.5 Å². The van der Waals surface area contributed by atoms with Crippen LogP contribution in [-0.2, 0) is 0 Å². The van der Waals surface area contributed by atoms with Gasteiger partial charge in [0.25, 0.3) is 0 Å². The maximum atomic E-state index is 13.6. The maximum absolute atomic E-state index is 13.6. The first-order valence-electron chi connectivity index (χ1n) is 5.76. The second-order valence-electron chi connectivity index (χ2n) is 4.28. The first-order valence-corrected chi connectivity index (χ1v) is 6.93. The van der Waals surface area contributed by atoms with Crippen LogP contribution in [0, 0.1) is 11.6 Å². The van der Waals surface area contributed by atoms with Crippen molar-refractivity contribution in [2.24, 2.45) is 5.73 Å². The Kier molecular flexibility index (Phi) is 4.62. The highest BCUT2D eigenvalue weighted by molar-refractivity contribution is 9.10. The second-order valence-corrected chi connectivity index (χ2v) is 5.60. The van der Waals surface area contributed by atoms with Crippen molar-refractivity contribution in [2.75, 3.05) is 0 Å². The van der Waals surface area contributed by atoms with E-state index in [0.29, 0.717) is 4.47 Å². The minimum absolute atomic E-state index is 0.179. The van der Waals surface area contributed by atoms with Crippen molar-refractivity contribution in [3.8, 4) is 11.5 Å². The molecular formula is C14H11BrClF2NO. The Morgan fingerprint density at radius 2 is 1.90 bits per heavy atom. The molecule has 0 heterocycles. The molecule has 0 radical (unpaired) electrons. The average Bonchev–Trinajstić information content (AvgIpc) is 2.37. The third kappa shape index (κ3) is 3.29. The predicted octanol–water partition coefficient (Wildman–Crippen LogP) is 5.19. The van der Waals surface area contributed by atoms with Gasteiger partial charge in [0, 0.05) is 10.5 Å². The van der Waals surface area contributed by atoms with E-state index in [1.807, 2.05) is 6.92 Å². The van der Waals surface area contributed by atoms with Crippen molar-refractivity contribution in [2.45, 2.75) is 13.0 Å². The fourth-order valence-corrected chi connectivity index (χ4v) is 2.24. The van der Waals surface area contributed by atoms with E-state index >= 15 is 0 Å². The molecule has 2 aromatic carbocycles. The molecule has 0 aromatic heterocycles. The summed E-state index contributed by atoms with van der Waals surface area (Å²) in [4.78, 5) is 0. The van der Waals surface area contributed by atoms with Gasteiger partial charge < -0.3 is 10.5 Å². The molecule has 0 saturated carbocycles. The molecule has 2 rings (SSSR count). The van der Waals surface area contributed by atoms with Gasteiger partial charge in [0.2, 0.25) is 5.82 Å². The Bertz CT molecular complexity index is 649. The van der Waals surface area contributed by atoms with Gasteiger partial charge in [0.1, 0.15) is 5.75 Å². The van der Waals surface area contributed by atoms with Crippen molar-refractivity contribution < 1.29 is 13.5 Å². The molecule has 0 bridgehead atoms. The first-order chi connectivity index (χ1) is 9.38. The summed E-state index contributed by atoms with van der Waals surface area (Å²) in [5.74, 6) is -2.09. The van der Waals surface area contributed by atoms with Gasteiger partial charge in [-0.05, 0) is 36.8 Å². The average molecular weight is 363 g/mol. The van der Waals surface area contributed by atoms with E-state index in [1.54, 1.807) is 18.2 Å². The Morgan fingerprint density at radius 1 is 1.20 bits per heavy atom. The zero-order chi connectivity index (χ0) is 14.9. The van der Waals surface area contributed by atoms with Gasteiger partial charge in [-0.2, -0.15) is 4.39 Å². The van der Waals surface area contributed by atoms with E-state index in [4.69, 9.17) is 22.1 Å². The van der Waals surface area contributed by atoms with Gasteiger partial charge in [-0.15, -0.1) is 0 Å². The lowest BCUT2D eigenvalue weighted by atomic mass is 10.1. The molecule has 0 aliphatic heterocycles. The van der Waals surface area contributed by atoms with Gasteiger partial charge in [-0.1, -0.05) is 33.6 Å². The van der Waals surface area contributed by atoms with Crippen LogP contribution in [0.25, 0.3) is 0 Å². The summed E-state index contributed by atoms with van der Waals surface area (Å²) in [6, 6.07) is 7.09. The number of hydrogen-bond acceptors (Lipinski definition) is 2. The predicted molar refractivity (Wildman–Crippen MR) is 78.2 cm³/mol. The summed E-state index contributed by atoms with van der Waals surface area (Å²) < 4.78 is 32.6. The molecule has 6 heteroatoms. The molecule has 0 aliphatic rings. The first kappa shape index (κ1) is 15.2. The van der Waals surface area contributed by atoms with Crippen LogP contribution >= 0.6 is 27.5 Å². The fraction of sp³-hybridized carbons (Fsp3) is 0.143. The third-order valence-electron chi connectivity index (χ3n) is 2.66. The summed E-state index contributed by atoms with van der Waals surface area (Å²) in [5.41, 5.74) is 6.56. The van der Waals surface area contributed by atoms with Crippen LogP contribution in [0.2, 0.25) is 5.02 Å². The highest BCUT2D eigenvalue weighted by Crippen LogP contribution is 2.34. The maximum Gasteiger partial charge on any atom is 0.201 e. The molecule has 1 atom stereocenters. The molecule has 2 nitrogen and oxygen atoms in total. The van der Waals surface area contributed by atoms with Gasteiger partial charge >= 0.3 is 0 Å². The van der Waals surface area contributed by atoms with E-state index in [2.05, 4.69) is 15.9 Å². The lowest BCUT2D eigenvalue weighted by Gasteiger charge is -2.12. The van der Waals surface area contributed by atoms with Crippen molar-refractivity contribution in [3.05, 3.63) is 57.0 Å². The van der Waals surface area contributed by atoms with E-state index in [0.717, 1.165) is 11.6 Å². The summed E-state index contributed by atoms with van der Waals surface area (Å²) in [6.07, 6.45) is 0. The minimum Gasteiger partial charge on any atom is -0.453 e. The van der Waals surface area contributed by atoms with E-state index in [1.165, 1.54) is 6.07 Å². The SMILES string of the molecule is C[C@H](N)c1ccc(Oc2cc(Br)cc(F)c2F)c(Cl)c1. The highest BCUT2D eigenvalue weighted by atomic mass is 79.9. The molecule has 20 heavy (non-hydrogen) atoms. The number of nitrogens with two attached hydrogens (primary N) is 1. The quantitative estimate of drug-likeness (QED) is 0.762. The van der Waals surface area contributed by atoms with Gasteiger partial charge in [-0.3, -0.25) is 0 Å². The van der Waals surface area contributed by atoms with Crippen LogP contribution in [0.5, 0.6) is 11.5 Å². The lowest BCUT2D eigenvalue weighted by Crippen LogP contribution is -2.04. The molecule has 0 saturated heterocycles. The van der Waals surface area contributed by atoms with Crippen molar-refractivity contribution in [3.63, 3.8) is 0 Å². The van der Waals surface area contributed by atoms with Crippen molar-refractivity contribution >= 4 is 27.5 Å². The number of ether oxygens (including phenoxy) is 1. The molecule has 0 amide bonds. The second kappa shape index (κ2) is 6.08. The van der Waals surface area contributed by atoms with Crippen molar-refractivity contribution in [1.82, 2.24) is 0 Å². The van der Waals surface area contributed by atoms with Gasteiger partial charge in [0.05, 0.1) is 5.02 Å². The largest absolute Gasteiger partial charge is 0.453 e. The number of benzene rings is 2. The summed E-state index contributed by atoms with van der Waals surface area (Å²) in [5, 5.41) is 0.277. The zero-order valence-electron chi connectivity index (χ0n) is 10.5. The minimum atomic E-state index is -1.07. The molecule has 2 N–H and O–H groups in total. The Balaban J connectivity index is 2.35. The summed E-state index contributed by atoms with van der Waals surface area (Å²) in [6.45, 7) is 1.82. The number of halogens is 4. The topological polar surface area (TPSA) is 35.2 Å². The lowest BCUT2D eigenvalue weighted by molar-refractivity contribution is 0.415. The monoisotopic (exact) mass is 361 g/mol. The highest BCUT2D eigenvalue weighted by Gasteiger charge is 2.14. The molecule has 0 fully saturated rings. The molecule has 0 aliphatic carbocycles. The number of rotatable bonds is 3. The molecule has 106 valence electrons. The zero-order valence-corrected chi connectivity index (χ0v) is 12.8. The summed E-state index contributed by atoms with van der Waals surface area (Å²) >= 11 is 9.12. The van der Waals surface area contributed by atoms with Crippen LogP contribution in [0.15, 0.2) is 34.8 Å². The van der Waals surface area contributed by atoms with Crippen molar-refractivity contribution in [1.29, 1.82) is 0 Å². The molecule has 2 aromatic rings. The van der Waals surface area contributed by atoms with Crippen LogP contribution in [0.3, 0.4) is 0 Å². The fourth-order valence-electron chi connectivity index (χ4n) is 1.61. The van der Waals surface area contributed by atoms with Crippen LogP contribution in [0.4, 0.5) is 8.78 Å². The van der Waals surface area contributed by atoms with E-state index in [-0.39, 0.29) is 22.6 Å². The van der Waals surface area contributed by atoms with E-state index < -0.39 is 11.6 Å². The Hall–Kier alpha value is -1.17. The Morgan fingerprint density at radius 3 is 2.50 bits per heavy atom. The molecule has 0 unspecified atom stereocenters. The van der Waals surface area contributed by atoms with E-state index in [9.17, 15) is 8.78 Å². The van der Waals surface area contributed by atoms with Gasteiger partial charge in [0.15, 0.2) is 11.6 Å².